The summed E-state index contributed by atoms with van der Waals surface area (Å²) in [6.45, 7) is 5.15. The van der Waals surface area contributed by atoms with Crippen molar-refractivity contribution in [2.45, 2.75) is 26.0 Å². The van der Waals surface area contributed by atoms with Crippen LogP contribution in [-0.4, -0.2) is 39.8 Å². The van der Waals surface area contributed by atoms with Gasteiger partial charge in [0.2, 0.25) is 5.91 Å². The van der Waals surface area contributed by atoms with Gasteiger partial charge in [0.25, 0.3) is 0 Å². The quantitative estimate of drug-likeness (QED) is 0.410. The Bertz CT molecular complexity index is 939. The maximum absolute atomic E-state index is 12.2. The largest absolute Gasteiger partial charge is 0.490 e. The Labute approximate surface area is 178 Å². The molecule has 1 amide bonds. The summed E-state index contributed by atoms with van der Waals surface area (Å²) in [5, 5.41) is 2.71. The third kappa shape index (κ3) is 8.29. The van der Waals surface area contributed by atoms with Gasteiger partial charge in [0.1, 0.15) is 0 Å². The summed E-state index contributed by atoms with van der Waals surface area (Å²) in [7, 11) is -3.20. The number of amides is 1. The van der Waals surface area contributed by atoms with Crippen molar-refractivity contribution in [3.63, 3.8) is 0 Å². The Kier molecular flexibility index (Phi) is 9.41. The van der Waals surface area contributed by atoms with Crippen molar-refractivity contribution in [2.24, 2.45) is 0 Å². The fraction of sp³-hybridized carbons (Fsp3) is 0.348. The van der Waals surface area contributed by atoms with Gasteiger partial charge in [-0.25, -0.2) is 8.42 Å². The molecule has 0 bridgehead atoms. The molecule has 0 aliphatic heterocycles. The van der Waals surface area contributed by atoms with Gasteiger partial charge in [0, 0.05) is 12.6 Å². The number of carbonyl (C=O) groups excluding carboxylic acids is 1. The molecule has 7 heteroatoms. The van der Waals surface area contributed by atoms with E-state index in [2.05, 4.69) is 5.32 Å². The number of nitrogens with one attached hydrogen (secondary N) is 1. The summed E-state index contributed by atoms with van der Waals surface area (Å²) in [5.74, 6) is 1.06. The Morgan fingerprint density at radius 3 is 2.40 bits per heavy atom. The number of ether oxygens (including phenoxy) is 2. The lowest BCUT2D eigenvalue weighted by Gasteiger charge is -2.11. The first-order valence-electron chi connectivity index (χ1n) is 10.0. The van der Waals surface area contributed by atoms with Crippen LogP contribution < -0.4 is 14.8 Å². The minimum atomic E-state index is -3.20. The van der Waals surface area contributed by atoms with E-state index in [1.165, 1.54) is 6.08 Å². The van der Waals surface area contributed by atoms with Crippen LogP contribution in [0.1, 0.15) is 31.4 Å². The molecule has 30 heavy (non-hydrogen) atoms. The number of hydrogen-bond donors (Lipinski definition) is 1. The summed E-state index contributed by atoms with van der Waals surface area (Å²) in [5.41, 5.74) is 1.58. The first-order chi connectivity index (χ1) is 14.4. The monoisotopic (exact) mass is 431 g/mol. The highest BCUT2D eigenvalue weighted by atomic mass is 32.2. The van der Waals surface area contributed by atoms with Crippen LogP contribution in [-0.2, 0) is 20.4 Å². The maximum atomic E-state index is 12.2. The molecular weight excluding hydrogens is 402 g/mol. The molecule has 2 aromatic rings. The second kappa shape index (κ2) is 12.0. The molecular formula is C23H29NO5S. The molecule has 0 fully saturated rings. The Hall–Kier alpha value is -2.80. The standard InChI is InChI=1S/C23H29NO5S/c1-3-28-21-13-11-19(17-22(21)29-4-2)12-14-23(25)24-15-8-16-30(26,27)18-20-9-6-5-7-10-20/h5-7,9-14,17H,3-4,8,15-16,18H2,1-2H3,(H,24,25). The van der Waals surface area contributed by atoms with E-state index in [0.717, 1.165) is 11.1 Å². The van der Waals surface area contributed by atoms with Crippen molar-refractivity contribution in [1.82, 2.24) is 5.32 Å². The number of hydrogen-bond acceptors (Lipinski definition) is 5. The van der Waals surface area contributed by atoms with Gasteiger partial charge in [-0.05, 0) is 49.6 Å². The second-order valence-electron chi connectivity index (χ2n) is 6.63. The van der Waals surface area contributed by atoms with Crippen molar-refractivity contribution < 1.29 is 22.7 Å². The van der Waals surface area contributed by atoms with Gasteiger partial charge in [-0.1, -0.05) is 36.4 Å². The van der Waals surface area contributed by atoms with Crippen molar-refractivity contribution in [3.05, 3.63) is 65.7 Å². The molecule has 2 aromatic carbocycles. The first-order valence-corrected chi connectivity index (χ1v) is 11.9. The summed E-state index contributed by atoms with van der Waals surface area (Å²) >= 11 is 0. The number of rotatable bonds is 12. The van der Waals surface area contributed by atoms with Crippen LogP contribution in [0.3, 0.4) is 0 Å². The molecule has 2 rings (SSSR count). The molecule has 0 heterocycles. The minimum Gasteiger partial charge on any atom is -0.490 e. The van der Waals surface area contributed by atoms with Crippen LogP contribution in [0.4, 0.5) is 0 Å². The molecule has 6 nitrogen and oxygen atoms in total. The first kappa shape index (κ1) is 23.5. The fourth-order valence-electron chi connectivity index (χ4n) is 2.81. The van der Waals surface area contributed by atoms with Gasteiger partial charge in [-0.15, -0.1) is 0 Å². The summed E-state index contributed by atoms with van der Waals surface area (Å²) in [6, 6.07) is 14.5. The minimum absolute atomic E-state index is 0.0155. The van der Waals surface area contributed by atoms with Gasteiger partial charge < -0.3 is 14.8 Å². The molecule has 0 atom stereocenters. The average Bonchev–Trinajstić information content (AvgIpc) is 2.72. The van der Waals surface area contributed by atoms with E-state index in [1.54, 1.807) is 18.2 Å². The molecule has 162 valence electrons. The molecule has 0 unspecified atom stereocenters. The van der Waals surface area contributed by atoms with Crippen LogP contribution in [0.5, 0.6) is 11.5 Å². The third-order valence-corrected chi connectivity index (χ3v) is 5.84. The van der Waals surface area contributed by atoms with Crippen LogP contribution in [0.15, 0.2) is 54.6 Å². The molecule has 0 aliphatic carbocycles. The third-order valence-electron chi connectivity index (χ3n) is 4.16. The van der Waals surface area contributed by atoms with E-state index in [0.29, 0.717) is 37.7 Å². The molecule has 0 aliphatic rings. The zero-order valence-corrected chi connectivity index (χ0v) is 18.3. The van der Waals surface area contributed by atoms with Crippen molar-refractivity contribution >= 4 is 21.8 Å². The van der Waals surface area contributed by atoms with Crippen molar-refractivity contribution in [1.29, 1.82) is 0 Å². The Morgan fingerprint density at radius 2 is 1.70 bits per heavy atom. The van der Waals surface area contributed by atoms with E-state index < -0.39 is 9.84 Å². The van der Waals surface area contributed by atoms with Gasteiger partial charge in [-0.2, -0.15) is 0 Å². The summed E-state index contributed by atoms with van der Waals surface area (Å²) in [4.78, 5) is 12.0. The highest BCUT2D eigenvalue weighted by molar-refractivity contribution is 7.90. The normalized spacial score (nSPS) is 11.4. The maximum Gasteiger partial charge on any atom is 0.243 e. The van der Waals surface area contributed by atoms with Gasteiger partial charge in [0.05, 0.1) is 24.7 Å². The molecule has 0 aromatic heterocycles. The van der Waals surface area contributed by atoms with Crippen LogP contribution >= 0.6 is 0 Å². The van der Waals surface area contributed by atoms with E-state index in [4.69, 9.17) is 9.47 Å². The van der Waals surface area contributed by atoms with Crippen LogP contribution in [0, 0.1) is 0 Å². The lowest BCUT2D eigenvalue weighted by molar-refractivity contribution is -0.116. The smallest absolute Gasteiger partial charge is 0.243 e. The second-order valence-corrected chi connectivity index (χ2v) is 8.81. The van der Waals surface area contributed by atoms with Crippen molar-refractivity contribution in [3.8, 4) is 11.5 Å². The number of carbonyl (C=O) groups is 1. The highest BCUT2D eigenvalue weighted by Crippen LogP contribution is 2.28. The molecule has 0 spiro atoms. The molecule has 0 saturated heterocycles. The molecule has 0 radical (unpaired) electrons. The molecule has 0 saturated carbocycles. The van der Waals surface area contributed by atoms with Gasteiger partial charge in [0.15, 0.2) is 21.3 Å². The predicted octanol–water partition coefficient (Wildman–Crippen LogP) is 3.62. The fourth-order valence-corrected chi connectivity index (χ4v) is 4.24. The zero-order chi connectivity index (χ0) is 21.8. The SMILES string of the molecule is CCOc1ccc(C=CC(=O)NCCCS(=O)(=O)Cc2ccccc2)cc1OCC. The average molecular weight is 432 g/mol. The highest BCUT2D eigenvalue weighted by Gasteiger charge is 2.11. The van der Waals surface area contributed by atoms with E-state index in [9.17, 15) is 13.2 Å². The summed E-state index contributed by atoms with van der Waals surface area (Å²) in [6.07, 6.45) is 3.47. The zero-order valence-electron chi connectivity index (χ0n) is 17.5. The van der Waals surface area contributed by atoms with Crippen LogP contribution in [0.25, 0.3) is 6.08 Å². The van der Waals surface area contributed by atoms with Crippen LogP contribution in [0.2, 0.25) is 0 Å². The number of sulfone groups is 1. The van der Waals surface area contributed by atoms with Gasteiger partial charge >= 0.3 is 0 Å². The van der Waals surface area contributed by atoms with E-state index in [1.807, 2.05) is 50.2 Å². The Balaban J connectivity index is 1.80. The van der Waals surface area contributed by atoms with Crippen molar-refractivity contribution in [2.75, 3.05) is 25.5 Å². The topological polar surface area (TPSA) is 81.7 Å². The van der Waals surface area contributed by atoms with Gasteiger partial charge in [-0.3, -0.25) is 4.79 Å². The predicted molar refractivity (Wildman–Crippen MR) is 119 cm³/mol. The number of benzene rings is 2. The lowest BCUT2D eigenvalue weighted by Crippen LogP contribution is -2.24. The molecule has 1 N–H and O–H groups in total. The summed E-state index contributed by atoms with van der Waals surface area (Å²) < 4.78 is 35.4. The van der Waals surface area contributed by atoms with E-state index >= 15 is 0 Å². The lowest BCUT2D eigenvalue weighted by atomic mass is 10.2. The van der Waals surface area contributed by atoms with E-state index in [-0.39, 0.29) is 17.4 Å². The Morgan fingerprint density at radius 1 is 1.00 bits per heavy atom.